The van der Waals surface area contributed by atoms with Crippen LogP contribution in [0.1, 0.15) is 41.6 Å². The number of nitrogens with two attached hydrogens (primary N) is 1. The summed E-state index contributed by atoms with van der Waals surface area (Å²) in [4.78, 5) is 55.6. The first-order valence-electron chi connectivity index (χ1n) is 14.7. The summed E-state index contributed by atoms with van der Waals surface area (Å²) in [6.07, 6.45) is 1.71. The van der Waals surface area contributed by atoms with Gasteiger partial charge in [0.05, 0.1) is 37.3 Å². The average Bonchev–Trinajstić information content (AvgIpc) is 3.36. The number of anilines is 1. The Balaban J connectivity index is 1.61. The summed E-state index contributed by atoms with van der Waals surface area (Å²) in [6, 6.07) is 7.54. The van der Waals surface area contributed by atoms with Crippen LogP contribution in [-0.4, -0.2) is 79.9 Å². The number of hydrogen-bond acceptors (Lipinski definition) is 8. The molecule has 0 bridgehead atoms. The lowest BCUT2D eigenvalue weighted by Crippen LogP contribution is -2.45. The minimum absolute atomic E-state index is 0.0856. The fourth-order valence-corrected chi connectivity index (χ4v) is 6.24. The van der Waals surface area contributed by atoms with Gasteiger partial charge < -0.3 is 24.8 Å². The molecule has 6 rings (SSSR count). The van der Waals surface area contributed by atoms with Crippen LogP contribution in [0.2, 0.25) is 0 Å². The maximum atomic E-state index is 14.4. The molecule has 5 heterocycles. The Labute approximate surface area is 248 Å². The van der Waals surface area contributed by atoms with Crippen molar-refractivity contribution in [2.75, 3.05) is 44.3 Å². The van der Waals surface area contributed by atoms with Crippen molar-refractivity contribution in [2.45, 2.75) is 45.8 Å². The second-order valence-electron chi connectivity index (χ2n) is 11.1. The van der Waals surface area contributed by atoms with Crippen LogP contribution in [0.3, 0.4) is 0 Å². The fraction of sp³-hybridized carbons (Fsp3) is 0.452. The number of morpholine rings is 1. The SMILES string of the molecule is CC#CCn1c(N2CCC[C@@H](N)C2)c(C(=O)N2CCOCC2)c2c1c(=O)n(Cc1nc(C)c3ccccc3n1)c(=O)n2C. The standard InChI is InChI=1S/C31H36N8O4/c1-4-5-13-38-27-26(25(29(40)36-14-16-43-17-15-36)28(38)37-12-8-9-21(32)18-37)35(3)31(42)39(30(27)41)19-24-33-20(2)22-10-6-7-11-23(22)34-24/h6-7,10-11,21H,8-9,12-19,32H2,1-3H3/t21-/m1/s1. The highest BCUT2D eigenvalue weighted by Crippen LogP contribution is 2.34. The lowest BCUT2D eigenvalue weighted by molar-refractivity contribution is 0.0304. The van der Waals surface area contributed by atoms with Gasteiger partial charge in [-0.3, -0.25) is 18.7 Å². The molecule has 0 unspecified atom stereocenters. The first-order valence-corrected chi connectivity index (χ1v) is 14.7. The van der Waals surface area contributed by atoms with Crippen molar-refractivity contribution in [3.05, 3.63) is 62.2 Å². The predicted octanol–water partition coefficient (Wildman–Crippen LogP) is 1.22. The van der Waals surface area contributed by atoms with Crippen LogP contribution in [-0.2, 0) is 24.9 Å². The summed E-state index contributed by atoms with van der Waals surface area (Å²) in [5.74, 6) is 6.70. The van der Waals surface area contributed by atoms with Crippen molar-refractivity contribution in [3.63, 3.8) is 0 Å². The number of para-hydroxylation sites is 1. The molecule has 0 saturated carbocycles. The molecular weight excluding hydrogens is 548 g/mol. The van der Waals surface area contributed by atoms with E-state index in [1.165, 1.54) is 4.57 Å². The lowest BCUT2D eigenvalue weighted by Gasteiger charge is -2.34. The van der Waals surface area contributed by atoms with Crippen LogP contribution in [0, 0.1) is 18.8 Å². The Morgan fingerprint density at radius 1 is 1.09 bits per heavy atom. The van der Waals surface area contributed by atoms with Gasteiger partial charge >= 0.3 is 5.69 Å². The van der Waals surface area contributed by atoms with Gasteiger partial charge in [0.1, 0.15) is 22.7 Å². The second-order valence-corrected chi connectivity index (χ2v) is 11.1. The van der Waals surface area contributed by atoms with E-state index in [1.54, 1.807) is 23.4 Å². The zero-order valence-corrected chi connectivity index (χ0v) is 24.8. The number of piperidine rings is 1. The summed E-state index contributed by atoms with van der Waals surface area (Å²) < 4.78 is 9.84. The zero-order chi connectivity index (χ0) is 30.2. The van der Waals surface area contributed by atoms with Crippen molar-refractivity contribution in [3.8, 4) is 11.8 Å². The Bertz CT molecular complexity index is 1900. The van der Waals surface area contributed by atoms with Crippen molar-refractivity contribution in [2.24, 2.45) is 12.8 Å². The maximum Gasteiger partial charge on any atom is 0.331 e. The van der Waals surface area contributed by atoms with Crippen LogP contribution >= 0.6 is 0 Å². The van der Waals surface area contributed by atoms with Gasteiger partial charge in [-0.05, 0) is 32.8 Å². The molecule has 2 saturated heterocycles. The van der Waals surface area contributed by atoms with E-state index >= 15 is 0 Å². The number of ether oxygens (including phenoxy) is 1. The number of benzene rings is 1. The van der Waals surface area contributed by atoms with Crippen LogP contribution < -0.4 is 21.9 Å². The van der Waals surface area contributed by atoms with Crippen LogP contribution in [0.4, 0.5) is 5.82 Å². The zero-order valence-electron chi connectivity index (χ0n) is 24.8. The van der Waals surface area contributed by atoms with Crippen LogP contribution in [0.5, 0.6) is 0 Å². The highest BCUT2D eigenvalue weighted by Gasteiger charge is 2.35. The molecule has 2 fully saturated rings. The predicted molar refractivity (Wildman–Crippen MR) is 164 cm³/mol. The largest absolute Gasteiger partial charge is 0.378 e. The quantitative estimate of drug-likeness (QED) is 0.347. The highest BCUT2D eigenvalue weighted by molar-refractivity contribution is 6.11. The number of carbonyl (C=O) groups is 1. The molecule has 0 aliphatic carbocycles. The summed E-state index contributed by atoms with van der Waals surface area (Å²) in [5, 5.41) is 0.907. The van der Waals surface area contributed by atoms with E-state index in [1.807, 2.05) is 31.2 Å². The monoisotopic (exact) mass is 584 g/mol. The van der Waals surface area contributed by atoms with E-state index in [0.29, 0.717) is 62.1 Å². The van der Waals surface area contributed by atoms with Gasteiger partial charge in [-0.2, -0.15) is 0 Å². The van der Waals surface area contributed by atoms with Crippen LogP contribution in [0.15, 0.2) is 33.9 Å². The fourth-order valence-electron chi connectivity index (χ4n) is 6.24. The minimum Gasteiger partial charge on any atom is -0.378 e. The molecule has 1 atom stereocenters. The molecule has 12 heteroatoms. The lowest BCUT2D eigenvalue weighted by atomic mass is 10.1. The molecular formula is C31H36N8O4. The molecule has 2 aliphatic heterocycles. The van der Waals surface area contributed by atoms with Gasteiger partial charge in [-0.25, -0.2) is 14.8 Å². The molecule has 12 nitrogen and oxygen atoms in total. The molecule has 0 spiro atoms. The number of aryl methyl sites for hydroxylation is 2. The number of rotatable bonds is 5. The first kappa shape index (κ1) is 28.6. The molecule has 3 aromatic heterocycles. The summed E-state index contributed by atoms with van der Waals surface area (Å²) in [7, 11) is 1.60. The van der Waals surface area contributed by atoms with E-state index < -0.39 is 11.2 Å². The Kier molecular flexibility index (Phi) is 7.77. The van der Waals surface area contributed by atoms with E-state index in [0.717, 1.165) is 34.0 Å². The molecule has 224 valence electrons. The molecule has 2 N–H and O–H groups in total. The third-order valence-electron chi connectivity index (χ3n) is 8.33. The van der Waals surface area contributed by atoms with Gasteiger partial charge in [0.2, 0.25) is 0 Å². The Morgan fingerprint density at radius 2 is 1.86 bits per heavy atom. The van der Waals surface area contributed by atoms with Gasteiger partial charge in [-0.1, -0.05) is 24.1 Å². The number of carbonyl (C=O) groups excluding carboxylic acids is 1. The van der Waals surface area contributed by atoms with Crippen molar-refractivity contribution >= 4 is 33.7 Å². The van der Waals surface area contributed by atoms with E-state index in [4.69, 9.17) is 10.5 Å². The minimum atomic E-state index is -0.552. The number of nitrogens with zero attached hydrogens (tertiary/aromatic N) is 7. The maximum absolute atomic E-state index is 14.4. The molecule has 0 radical (unpaired) electrons. The number of amides is 1. The summed E-state index contributed by atoms with van der Waals surface area (Å²) >= 11 is 0. The molecule has 1 aromatic carbocycles. The van der Waals surface area contributed by atoms with E-state index in [-0.39, 0.29) is 30.6 Å². The third-order valence-corrected chi connectivity index (χ3v) is 8.33. The molecule has 43 heavy (non-hydrogen) atoms. The van der Waals surface area contributed by atoms with Crippen LogP contribution in [0.25, 0.3) is 21.9 Å². The summed E-state index contributed by atoms with van der Waals surface area (Å²) in [5.41, 5.74) is 7.68. The Morgan fingerprint density at radius 3 is 2.60 bits per heavy atom. The van der Waals surface area contributed by atoms with E-state index in [2.05, 4.69) is 26.7 Å². The van der Waals surface area contributed by atoms with Crippen molar-refractivity contribution in [1.82, 2.24) is 28.6 Å². The Hall–Kier alpha value is -4.47. The van der Waals surface area contributed by atoms with Gasteiger partial charge in [0.15, 0.2) is 0 Å². The second kappa shape index (κ2) is 11.7. The topological polar surface area (TPSA) is 134 Å². The number of fused-ring (bicyclic) bond motifs is 2. The average molecular weight is 585 g/mol. The smallest absolute Gasteiger partial charge is 0.331 e. The van der Waals surface area contributed by atoms with E-state index in [9.17, 15) is 14.4 Å². The molecule has 1 amide bonds. The van der Waals surface area contributed by atoms with Crippen molar-refractivity contribution in [1.29, 1.82) is 0 Å². The highest BCUT2D eigenvalue weighted by atomic mass is 16.5. The first-order chi connectivity index (χ1) is 20.8. The van der Waals surface area contributed by atoms with Gasteiger partial charge in [0, 0.05) is 50.3 Å². The summed E-state index contributed by atoms with van der Waals surface area (Å²) in [6.45, 7) is 6.54. The number of hydrogen-bond donors (Lipinski definition) is 1. The number of aromatic nitrogens is 5. The molecule has 4 aromatic rings. The molecule has 2 aliphatic rings. The van der Waals surface area contributed by atoms with Gasteiger partial charge in [-0.15, -0.1) is 5.92 Å². The third kappa shape index (κ3) is 5.08. The van der Waals surface area contributed by atoms with Crippen molar-refractivity contribution < 1.29 is 9.53 Å². The van der Waals surface area contributed by atoms with Gasteiger partial charge in [0.25, 0.3) is 11.5 Å². The normalized spacial score (nSPS) is 17.3.